The summed E-state index contributed by atoms with van der Waals surface area (Å²) >= 11 is 0. The van der Waals surface area contributed by atoms with E-state index in [-0.39, 0.29) is 19.6 Å². The number of nitrogens with two attached hydrogens (primary N) is 1. The molecule has 0 aliphatic carbocycles. The van der Waals surface area contributed by atoms with Crippen LogP contribution in [0.15, 0.2) is 30.3 Å². The zero-order chi connectivity index (χ0) is 15.7. The van der Waals surface area contributed by atoms with E-state index in [1.54, 1.807) is 24.3 Å². The molecule has 0 aliphatic heterocycles. The monoisotopic (exact) mass is 295 g/mol. The lowest BCUT2D eigenvalue weighted by Crippen LogP contribution is -2.47. The van der Waals surface area contributed by atoms with E-state index in [0.29, 0.717) is 0 Å². The van der Waals surface area contributed by atoms with Gasteiger partial charge >= 0.3 is 18.1 Å². The molecule has 8 heteroatoms. The Kier molecular flexibility index (Phi) is 6.52. The third-order valence-corrected chi connectivity index (χ3v) is 2.52. The summed E-state index contributed by atoms with van der Waals surface area (Å²) in [4.78, 5) is 33.0. The molecule has 1 aromatic carbocycles. The Balaban J connectivity index is 2.41. The lowest BCUT2D eigenvalue weighted by atomic mass is 10.1. The van der Waals surface area contributed by atoms with Crippen molar-refractivity contribution in [3.8, 4) is 0 Å². The normalized spacial score (nSPS) is 11.2. The topological polar surface area (TPSA) is 131 Å². The molecule has 8 nitrogen and oxygen atoms in total. The number of carbonyl (C=O) groups is 3. The Hall–Kier alpha value is -2.77. The highest BCUT2D eigenvalue weighted by molar-refractivity contribution is 5.82. The summed E-state index contributed by atoms with van der Waals surface area (Å²) in [7, 11) is 0. The van der Waals surface area contributed by atoms with Gasteiger partial charge in [0, 0.05) is 6.42 Å². The van der Waals surface area contributed by atoms with Crippen molar-refractivity contribution >= 4 is 18.1 Å². The van der Waals surface area contributed by atoms with Gasteiger partial charge in [0.05, 0.1) is 6.54 Å². The smallest absolute Gasteiger partial charge is 0.404 e. The molecule has 0 saturated carbocycles. The number of hydrogen-bond donors (Lipinski definition) is 4. The zero-order valence-electron chi connectivity index (χ0n) is 11.2. The Morgan fingerprint density at radius 2 is 1.90 bits per heavy atom. The first-order chi connectivity index (χ1) is 9.99. The standard InChI is InChI=1S/C13H17N3O5/c14-12(19)21-7-6-15-13(20)16-10(11(17)18)8-9-4-2-1-3-5-9/h1-5,10H,6-8H2,(H2,14,19)(H,17,18)(H2,15,16,20)/t10-/m1/s1. The number of amides is 3. The quantitative estimate of drug-likeness (QED) is 0.529. The molecule has 0 radical (unpaired) electrons. The van der Waals surface area contributed by atoms with Gasteiger partial charge in [0.25, 0.3) is 0 Å². The predicted molar refractivity (Wildman–Crippen MR) is 73.6 cm³/mol. The summed E-state index contributed by atoms with van der Waals surface area (Å²) in [6.07, 6.45) is -0.772. The molecule has 0 fully saturated rings. The van der Waals surface area contributed by atoms with Crippen molar-refractivity contribution in [2.75, 3.05) is 13.2 Å². The Morgan fingerprint density at radius 1 is 1.24 bits per heavy atom. The minimum Gasteiger partial charge on any atom is -0.480 e. The molecule has 21 heavy (non-hydrogen) atoms. The number of rotatable bonds is 7. The average molecular weight is 295 g/mol. The number of benzene rings is 1. The van der Waals surface area contributed by atoms with Crippen molar-refractivity contribution in [2.24, 2.45) is 5.73 Å². The summed E-state index contributed by atoms with van der Waals surface area (Å²) in [5.41, 5.74) is 5.54. The van der Waals surface area contributed by atoms with Crippen molar-refractivity contribution in [2.45, 2.75) is 12.5 Å². The van der Waals surface area contributed by atoms with Crippen LogP contribution in [0.3, 0.4) is 0 Å². The number of nitrogens with one attached hydrogen (secondary N) is 2. The van der Waals surface area contributed by atoms with Crippen LogP contribution in [-0.2, 0) is 16.0 Å². The van der Waals surface area contributed by atoms with Gasteiger partial charge in [-0.25, -0.2) is 14.4 Å². The molecular weight excluding hydrogens is 278 g/mol. The maximum absolute atomic E-state index is 11.5. The minimum absolute atomic E-state index is 0.0342. The van der Waals surface area contributed by atoms with Crippen molar-refractivity contribution in [1.29, 1.82) is 0 Å². The van der Waals surface area contributed by atoms with Gasteiger partial charge < -0.3 is 26.2 Å². The maximum atomic E-state index is 11.5. The first kappa shape index (κ1) is 16.3. The van der Waals surface area contributed by atoms with Crippen molar-refractivity contribution in [3.05, 3.63) is 35.9 Å². The average Bonchev–Trinajstić information content (AvgIpc) is 2.44. The van der Waals surface area contributed by atoms with Gasteiger partial charge in [0.15, 0.2) is 0 Å². The second-order valence-electron chi connectivity index (χ2n) is 4.15. The molecule has 114 valence electrons. The molecule has 1 atom stereocenters. The molecule has 3 amide bonds. The van der Waals surface area contributed by atoms with E-state index in [1.165, 1.54) is 0 Å². The van der Waals surface area contributed by atoms with E-state index in [2.05, 4.69) is 15.4 Å². The van der Waals surface area contributed by atoms with Crippen LogP contribution < -0.4 is 16.4 Å². The van der Waals surface area contributed by atoms with Gasteiger partial charge in [-0.2, -0.15) is 0 Å². The first-order valence-corrected chi connectivity index (χ1v) is 6.22. The lowest BCUT2D eigenvalue weighted by molar-refractivity contribution is -0.139. The summed E-state index contributed by atoms with van der Waals surface area (Å²) in [5.74, 6) is -1.14. The number of aliphatic carboxylic acids is 1. The van der Waals surface area contributed by atoms with Crippen molar-refractivity contribution in [3.63, 3.8) is 0 Å². The molecule has 1 aromatic rings. The fraction of sp³-hybridized carbons (Fsp3) is 0.308. The molecule has 0 unspecified atom stereocenters. The number of carboxylic acid groups (broad SMARTS) is 1. The van der Waals surface area contributed by atoms with E-state index >= 15 is 0 Å². The van der Waals surface area contributed by atoms with Gasteiger partial charge in [0.2, 0.25) is 0 Å². The van der Waals surface area contributed by atoms with E-state index in [1.807, 2.05) is 6.07 Å². The highest BCUT2D eigenvalue weighted by atomic mass is 16.5. The number of urea groups is 1. The largest absolute Gasteiger partial charge is 0.480 e. The summed E-state index contributed by atoms with van der Waals surface area (Å²) in [6, 6.07) is 7.23. The molecule has 0 bridgehead atoms. The molecule has 0 saturated heterocycles. The van der Waals surface area contributed by atoms with Crippen LogP contribution in [0.25, 0.3) is 0 Å². The van der Waals surface area contributed by atoms with E-state index in [9.17, 15) is 14.4 Å². The summed E-state index contributed by atoms with van der Waals surface area (Å²) in [5, 5.41) is 13.8. The molecule has 0 aliphatic rings. The maximum Gasteiger partial charge on any atom is 0.404 e. The van der Waals surface area contributed by atoms with Crippen LogP contribution in [0.4, 0.5) is 9.59 Å². The molecule has 5 N–H and O–H groups in total. The summed E-state index contributed by atoms with van der Waals surface area (Å²) in [6.45, 7) is -0.0500. The lowest BCUT2D eigenvalue weighted by Gasteiger charge is -2.15. The number of carbonyl (C=O) groups excluding carboxylic acids is 2. The predicted octanol–water partition coefficient (Wildman–Crippen LogP) is 0.0768. The van der Waals surface area contributed by atoms with Gasteiger partial charge in [-0.15, -0.1) is 0 Å². The van der Waals surface area contributed by atoms with E-state index in [0.717, 1.165) is 5.56 Å². The Morgan fingerprint density at radius 3 is 2.48 bits per heavy atom. The van der Waals surface area contributed by atoms with Crippen LogP contribution in [0.5, 0.6) is 0 Å². The second kappa shape index (κ2) is 8.41. The Bertz CT molecular complexity index is 492. The van der Waals surface area contributed by atoms with Gasteiger partial charge in [-0.05, 0) is 5.56 Å². The Labute approximate surface area is 121 Å². The summed E-state index contributed by atoms with van der Waals surface area (Å²) < 4.78 is 4.42. The molecule has 0 spiro atoms. The van der Waals surface area contributed by atoms with E-state index in [4.69, 9.17) is 10.8 Å². The fourth-order valence-electron chi connectivity index (χ4n) is 1.58. The van der Waals surface area contributed by atoms with Crippen LogP contribution in [0.2, 0.25) is 0 Å². The molecule has 0 aromatic heterocycles. The van der Waals surface area contributed by atoms with Crippen LogP contribution >= 0.6 is 0 Å². The fourth-order valence-corrected chi connectivity index (χ4v) is 1.58. The first-order valence-electron chi connectivity index (χ1n) is 6.22. The second-order valence-corrected chi connectivity index (χ2v) is 4.15. The SMILES string of the molecule is NC(=O)OCCNC(=O)N[C@H](Cc1ccccc1)C(=O)O. The van der Waals surface area contributed by atoms with Crippen LogP contribution in [0.1, 0.15) is 5.56 Å². The third kappa shape index (κ3) is 6.81. The van der Waals surface area contributed by atoms with Gasteiger partial charge in [0.1, 0.15) is 12.6 Å². The minimum atomic E-state index is -1.14. The highest BCUT2D eigenvalue weighted by Gasteiger charge is 2.20. The number of ether oxygens (including phenoxy) is 1. The van der Waals surface area contributed by atoms with Crippen LogP contribution in [0, 0.1) is 0 Å². The van der Waals surface area contributed by atoms with Crippen molar-refractivity contribution in [1.82, 2.24) is 10.6 Å². The zero-order valence-corrected chi connectivity index (χ0v) is 11.2. The van der Waals surface area contributed by atoms with Gasteiger partial charge in [-0.1, -0.05) is 30.3 Å². The van der Waals surface area contributed by atoms with Crippen LogP contribution in [-0.4, -0.2) is 42.4 Å². The third-order valence-electron chi connectivity index (χ3n) is 2.52. The van der Waals surface area contributed by atoms with Crippen molar-refractivity contribution < 1.29 is 24.2 Å². The van der Waals surface area contributed by atoms with E-state index < -0.39 is 24.1 Å². The molecule has 1 rings (SSSR count). The highest BCUT2D eigenvalue weighted by Crippen LogP contribution is 2.03. The number of hydrogen-bond acceptors (Lipinski definition) is 4. The number of primary amides is 1. The molecule has 0 heterocycles. The van der Waals surface area contributed by atoms with Gasteiger partial charge in [-0.3, -0.25) is 0 Å². The number of carboxylic acids is 1. The molecular formula is C13H17N3O5.